The van der Waals surface area contributed by atoms with Gasteiger partial charge in [0.15, 0.2) is 6.10 Å². The third-order valence-corrected chi connectivity index (χ3v) is 8.44. The van der Waals surface area contributed by atoms with Crippen molar-refractivity contribution in [2.45, 2.75) is 63.1 Å². The summed E-state index contributed by atoms with van der Waals surface area (Å²) in [6, 6.07) is 15.6. The topological polar surface area (TPSA) is 90.0 Å². The Labute approximate surface area is 210 Å². The summed E-state index contributed by atoms with van der Waals surface area (Å²) in [4.78, 5) is 42.2. The number of fused-ring (bicyclic) bond motifs is 1. The van der Waals surface area contributed by atoms with Gasteiger partial charge in [0.2, 0.25) is 5.91 Å². The number of carbonyl (C=O) groups excluding carboxylic acids is 3. The minimum atomic E-state index is -1.46. The Morgan fingerprint density at radius 3 is 2.54 bits per heavy atom. The van der Waals surface area contributed by atoms with Gasteiger partial charge in [-0.3, -0.25) is 14.4 Å². The second kappa shape index (κ2) is 10.4. The number of aryl methyl sites for hydroxylation is 2. The zero-order valence-corrected chi connectivity index (χ0v) is 21.3. The molecule has 2 heterocycles. The maximum Gasteiger partial charge on any atom is 0.255 e. The lowest BCUT2D eigenvalue weighted by Gasteiger charge is -2.52. The van der Waals surface area contributed by atoms with Crippen LogP contribution in [-0.4, -0.2) is 68.1 Å². The van der Waals surface area contributed by atoms with Crippen molar-refractivity contribution in [2.24, 2.45) is 0 Å². The number of nitrogens with zero attached hydrogens (tertiary/aromatic N) is 2. The highest BCUT2D eigenvalue weighted by Gasteiger charge is 2.65. The number of hydrogen-bond acceptors (Lipinski definition) is 5. The van der Waals surface area contributed by atoms with Crippen molar-refractivity contribution in [3.63, 3.8) is 0 Å². The van der Waals surface area contributed by atoms with Gasteiger partial charge in [0.05, 0.1) is 11.9 Å². The van der Waals surface area contributed by atoms with E-state index in [4.69, 9.17) is 0 Å². The summed E-state index contributed by atoms with van der Waals surface area (Å²) < 4.78 is 0. The molecule has 186 valence electrons. The molecule has 4 atom stereocenters. The van der Waals surface area contributed by atoms with Gasteiger partial charge in [-0.2, -0.15) is 0 Å². The fraction of sp³-hybridized carbons (Fsp3) is 0.444. The largest absolute Gasteiger partial charge is 0.381 e. The van der Waals surface area contributed by atoms with Crippen molar-refractivity contribution in [1.82, 2.24) is 15.1 Å². The molecule has 2 fully saturated rings. The van der Waals surface area contributed by atoms with Crippen LogP contribution in [0.15, 0.2) is 54.6 Å². The molecule has 0 saturated carbocycles. The maximum absolute atomic E-state index is 13.5. The number of hydrogen-bond donors (Lipinski definition) is 2. The number of thioether (sulfide) groups is 1. The molecule has 2 aromatic rings. The predicted octanol–water partition coefficient (Wildman–Crippen LogP) is 2.96. The molecule has 2 saturated heterocycles. The zero-order chi connectivity index (χ0) is 25.2. The molecule has 0 aromatic heterocycles. The van der Waals surface area contributed by atoms with Gasteiger partial charge >= 0.3 is 0 Å². The van der Waals surface area contributed by atoms with Crippen molar-refractivity contribution in [3.8, 4) is 0 Å². The molecule has 3 amide bonds. The lowest BCUT2D eigenvalue weighted by molar-refractivity contribution is -0.167. The summed E-state index contributed by atoms with van der Waals surface area (Å²) >= 11 is 1.55. The molecule has 4 rings (SSSR count). The van der Waals surface area contributed by atoms with Gasteiger partial charge in [0.25, 0.3) is 11.8 Å². The Morgan fingerprint density at radius 2 is 1.86 bits per heavy atom. The predicted molar refractivity (Wildman–Crippen MR) is 137 cm³/mol. The van der Waals surface area contributed by atoms with E-state index in [0.717, 1.165) is 17.5 Å². The highest BCUT2D eigenvalue weighted by atomic mass is 32.2. The first-order valence-corrected chi connectivity index (χ1v) is 13.1. The second-order valence-corrected chi connectivity index (χ2v) is 10.8. The molecule has 8 heteroatoms. The summed E-state index contributed by atoms with van der Waals surface area (Å²) in [5.74, 6) is -0.591. The molecule has 2 aliphatic heterocycles. The van der Waals surface area contributed by atoms with Crippen LogP contribution in [0.3, 0.4) is 0 Å². The molecule has 2 N–H and O–H groups in total. The Hall–Kier alpha value is -2.84. The Morgan fingerprint density at radius 1 is 1.17 bits per heavy atom. The van der Waals surface area contributed by atoms with E-state index in [9.17, 15) is 19.5 Å². The van der Waals surface area contributed by atoms with Crippen molar-refractivity contribution in [3.05, 3.63) is 71.3 Å². The highest BCUT2D eigenvalue weighted by molar-refractivity contribution is 8.01. The smallest absolute Gasteiger partial charge is 0.255 e. The molecule has 2 aromatic carbocycles. The Balaban J connectivity index is 1.52. The average Bonchev–Trinajstić information content (AvgIpc) is 3.18. The first-order chi connectivity index (χ1) is 16.8. The number of benzene rings is 2. The van der Waals surface area contributed by atoms with Gasteiger partial charge in [-0.15, -0.1) is 11.8 Å². The summed E-state index contributed by atoms with van der Waals surface area (Å²) in [7, 11) is 0. The van der Waals surface area contributed by atoms with Crippen LogP contribution in [0.2, 0.25) is 0 Å². The Bertz CT molecular complexity index is 1090. The monoisotopic (exact) mass is 495 g/mol. The fourth-order valence-electron chi connectivity index (χ4n) is 4.97. The average molecular weight is 496 g/mol. The molecule has 0 radical (unpaired) electrons. The third kappa shape index (κ3) is 4.82. The van der Waals surface area contributed by atoms with Gasteiger partial charge < -0.3 is 20.2 Å². The van der Waals surface area contributed by atoms with Gasteiger partial charge in [-0.05, 0) is 50.3 Å². The first-order valence-electron chi connectivity index (χ1n) is 12.1. The number of rotatable bonds is 9. The lowest BCUT2D eigenvalue weighted by atomic mass is 9.92. The van der Waals surface area contributed by atoms with E-state index in [2.05, 4.69) is 5.32 Å². The van der Waals surface area contributed by atoms with Crippen LogP contribution >= 0.6 is 11.8 Å². The number of β-lactam (4-membered cyclic amide) rings is 1. The van der Waals surface area contributed by atoms with Crippen molar-refractivity contribution >= 4 is 29.5 Å². The van der Waals surface area contributed by atoms with Crippen molar-refractivity contribution < 1.29 is 19.5 Å². The molecule has 0 bridgehead atoms. The number of amides is 3. The lowest BCUT2D eigenvalue weighted by Crippen LogP contribution is -2.74. The number of aliphatic hydroxyl groups excluding tert-OH is 1. The second-order valence-electron chi connectivity index (χ2n) is 9.39. The third-order valence-electron chi connectivity index (χ3n) is 7.01. The fourth-order valence-corrected chi connectivity index (χ4v) is 6.37. The number of carbonyl (C=O) groups is 3. The van der Waals surface area contributed by atoms with Crippen molar-refractivity contribution in [2.75, 3.05) is 12.4 Å². The summed E-state index contributed by atoms with van der Waals surface area (Å²) in [5, 5.41) is 14.1. The molecular weight excluding hydrogens is 462 g/mol. The summed E-state index contributed by atoms with van der Waals surface area (Å²) in [6.07, 6.45) is 0.358. The van der Waals surface area contributed by atoms with E-state index in [1.165, 1.54) is 4.90 Å². The molecule has 7 nitrogen and oxygen atoms in total. The van der Waals surface area contributed by atoms with Gasteiger partial charge in [0, 0.05) is 12.1 Å². The number of nitrogens with one attached hydrogen (secondary N) is 1. The van der Waals surface area contributed by atoms with Gasteiger partial charge in [-0.1, -0.05) is 55.5 Å². The van der Waals surface area contributed by atoms with Crippen molar-refractivity contribution in [1.29, 1.82) is 0 Å². The van der Waals surface area contributed by atoms with E-state index < -0.39 is 29.0 Å². The number of aliphatic hydroxyl groups is 1. The van der Waals surface area contributed by atoms with Crippen LogP contribution in [0.25, 0.3) is 0 Å². The molecule has 35 heavy (non-hydrogen) atoms. The minimum absolute atomic E-state index is 0.0790. The van der Waals surface area contributed by atoms with Crippen LogP contribution in [0.4, 0.5) is 0 Å². The number of likely N-dealkylation sites (tertiary alicyclic amines) is 1. The quantitative estimate of drug-likeness (QED) is 0.522. The van der Waals surface area contributed by atoms with Crippen LogP contribution < -0.4 is 5.32 Å². The molecule has 2 aliphatic rings. The first kappa shape index (κ1) is 25.3. The van der Waals surface area contributed by atoms with E-state index in [1.807, 2.05) is 68.1 Å². The minimum Gasteiger partial charge on any atom is -0.381 e. The van der Waals surface area contributed by atoms with E-state index >= 15 is 0 Å². The van der Waals surface area contributed by atoms with Gasteiger partial charge in [-0.25, -0.2) is 0 Å². The molecule has 0 spiro atoms. The van der Waals surface area contributed by atoms with Crippen LogP contribution in [-0.2, 0) is 16.0 Å². The molecular formula is C27H33N3O4S. The van der Waals surface area contributed by atoms with E-state index in [0.29, 0.717) is 30.8 Å². The molecule has 1 unspecified atom stereocenters. The Kier molecular flexibility index (Phi) is 7.52. The maximum atomic E-state index is 13.5. The van der Waals surface area contributed by atoms with Crippen LogP contribution in [0, 0.1) is 6.92 Å². The SMILES string of the molecule is CCCN1C(=O)[C@H]2N(C(=O)[C@@H](O)[C@H](CCc3ccccc3)NC(=O)c3ccccc3C)CSC21C. The zero-order valence-electron chi connectivity index (χ0n) is 20.4. The summed E-state index contributed by atoms with van der Waals surface area (Å²) in [5.41, 5.74) is 2.37. The van der Waals surface area contributed by atoms with E-state index in [1.54, 1.807) is 23.9 Å². The standard InChI is InChI=1S/C27H33N3O4S/c1-4-16-30-26(34)23-27(30,3)35-17-29(23)25(33)22(31)21(15-14-19-11-6-5-7-12-19)28-24(32)20-13-9-8-10-18(20)2/h5-13,21-23,31H,4,14-17H2,1-3H3,(H,28,32)/t21-,22-,23+,27?/m0/s1. The van der Waals surface area contributed by atoms with E-state index in [-0.39, 0.29) is 11.8 Å². The molecule has 0 aliphatic carbocycles. The van der Waals surface area contributed by atoms with Gasteiger partial charge in [0.1, 0.15) is 10.9 Å². The normalized spacial score (nSPS) is 22.9. The highest BCUT2D eigenvalue weighted by Crippen LogP contribution is 2.50. The van der Waals surface area contributed by atoms with Crippen LogP contribution in [0.1, 0.15) is 48.2 Å². The summed E-state index contributed by atoms with van der Waals surface area (Å²) in [6.45, 7) is 6.49. The van der Waals surface area contributed by atoms with Crippen LogP contribution in [0.5, 0.6) is 0 Å².